The minimum atomic E-state index is 1.07. The first-order valence-electron chi connectivity index (χ1n) is 7.04. The quantitative estimate of drug-likeness (QED) is 0.756. The summed E-state index contributed by atoms with van der Waals surface area (Å²) < 4.78 is 2.41. The highest BCUT2D eigenvalue weighted by molar-refractivity contribution is 5.93. The van der Waals surface area contributed by atoms with Crippen LogP contribution in [0.2, 0.25) is 0 Å². The molecule has 1 aromatic carbocycles. The fourth-order valence-electron chi connectivity index (χ4n) is 3.35. The molecule has 0 saturated heterocycles. The van der Waals surface area contributed by atoms with Gasteiger partial charge in [0.1, 0.15) is 0 Å². The summed E-state index contributed by atoms with van der Waals surface area (Å²) in [5.74, 6) is 0. The van der Waals surface area contributed by atoms with E-state index in [0.29, 0.717) is 0 Å². The lowest BCUT2D eigenvalue weighted by Crippen LogP contribution is -2.26. The van der Waals surface area contributed by atoms with E-state index in [0.717, 1.165) is 19.5 Å². The van der Waals surface area contributed by atoms with Crippen molar-refractivity contribution < 1.29 is 0 Å². The van der Waals surface area contributed by atoms with Crippen molar-refractivity contribution in [3.05, 3.63) is 40.6 Å². The van der Waals surface area contributed by atoms with Crippen molar-refractivity contribution in [2.75, 3.05) is 13.6 Å². The number of rotatable bonds is 1. The highest BCUT2D eigenvalue weighted by atomic mass is 15.1. The van der Waals surface area contributed by atoms with Gasteiger partial charge in [-0.3, -0.25) is 0 Å². The molecule has 0 atom stereocenters. The molecule has 0 spiro atoms. The molecule has 0 amide bonds. The van der Waals surface area contributed by atoms with Crippen LogP contribution in [0, 0.1) is 6.92 Å². The zero-order chi connectivity index (χ0) is 13.6. The number of aryl methyl sites for hydroxylation is 2. The third-order valence-electron chi connectivity index (χ3n) is 4.20. The summed E-state index contributed by atoms with van der Waals surface area (Å²) in [6.45, 7) is 6.52. The second-order valence-corrected chi connectivity index (χ2v) is 5.72. The highest BCUT2D eigenvalue weighted by Gasteiger charge is 2.21. The van der Waals surface area contributed by atoms with Gasteiger partial charge in [-0.05, 0) is 49.7 Å². The number of hydrogen-bond acceptors (Lipinski definition) is 1. The maximum atomic E-state index is 2.42. The van der Waals surface area contributed by atoms with Crippen LogP contribution in [-0.4, -0.2) is 23.1 Å². The van der Waals surface area contributed by atoms with E-state index in [4.69, 9.17) is 0 Å². The van der Waals surface area contributed by atoms with Gasteiger partial charge in [0.25, 0.3) is 0 Å². The summed E-state index contributed by atoms with van der Waals surface area (Å²) in [4.78, 5) is 2.42. The van der Waals surface area contributed by atoms with Crippen LogP contribution in [0.5, 0.6) is 0 Å². The predicted molar refractivity (Wildman–Crippen MR) is 82.4 cm³/mol. The number of allylic oxidation sites excluding steroid dienone is 1. The molecule has 0 fully saturated rings. The van der Waals surface area contributed by atoms with Gasteiger partial charge in [0.15, 0.2) is 0 Å². The van der Waals surface area contributed by atoms with Crippen molar-refractivity contribution in [2.45, 2.75) is 26.8 Å². The van der Waals surface area contributed by atoms with Crippen LogP contribution >= 0.6 is 0 Å². The van der Waals surface area contributed by atoms with Crippen LogP contribution in [0.25, 0.3) is 17.0 Å². The van der Waals surface area contributed by atoms with Crippen molar-refractivity contribution in [1.29, 1.82) is 0 Å². The average Bonchev–Trinajstić information content (AvgIpc) is 2.63. The van der Waals surface area contributed by atoms with E-state index in [1.807, 2.05) is 0 Å². The molecular formula is C17H22N2. The van der Waals surface area contributed by atoms with Gasteiger partial charge in [0, 0.05) is 37.6 Å². The molecule has 1 aliphatic heterocycles. The highest BCUT2D eigenvalue weighted by Crippen LogP contribution is 2.33. The Morgan fingerprint density at radius 3 is 2.74 bits per heavy atom. The topological polar surface area (TPSA) is 8.17 Å². The lowest BCUT2D eigenvalue weighted by molar-refractivity contribution is 0.310. The van der Waals surface area contributed by atoms with Gasteiger partial charge in [0.05, 0.1) is 5.52 Å². The Bertz CT molecular complexity index is 662. The first kappa shape index (κ1) is 12.5. The lowest BCUT2D eigenvalue weighted by Gasteiger charge is -2.23. The zero-order valence-corrected chi connectivity index (χ0v) is 12.3. The molecule has 100 valence electrons. The molecule has 0 bridgehead atoms. The van der Waals surface area contributed by atoms with E-state index >= 15 is 0 Å². The van der Waals surface area contributed by atoms with E-state index in [2.05, 4.69) is 61.7 Å². The van der Waals surface area contributed by atoms with Crippen LogP contribution in [0.3, 0.4) is 0 Å². The van der Waals surface area contributed by atoms with Crippen molar-refractivity contribution >= 4 is 17.0 Å². The van der Waals surface area contributed by atoms with E-state index in [9.17, 15) is 0 Å². The molecule has 2 aromatic rings. The summed E-state index contributed by atoms with van der Waals surface area (Å²) in [5.41, 5.74) is 7.13. The van der Waals surface area contributed by atoms with Crippen LogP contribution in [0.1, 0.15) is 29.3 Å². The first-order chi connectivity index (χ1) is 9.11. The minimum Gasteiger partial charge on any atom is -0.347 e. The fourth-order valence-corrected chi connectivity index (χ4v) is 3.35. The van der Waals surface area contributed by atoms with Gasteiger partial charge in [-0.1, -0.05) is 12.2 Å². The maximum absolute atomic E-state index is 2.42. The Kier molecular flexibility index (Phi) is 2.98. The van der Waals surface area contributed by atoms with Crippen molar-refractivity contribution in [1.82, 2.24) is 9.47 Å². The third-order valence-corrected chi connectivity index (χ3v) is 4.20. The Hall–Kier alpha value is -1.54. The molecule has 0 radical (unpaired) electrons. The number of benzene rings is 1. The molecule has 0 aliphatic carbocycles. The Balaban J connectivity index is 2.36. The summed E-state index contributed by atoms with van der Waals surface area (Å²) >= 11 is 0. The molecule has 2 nitrogen and oxygen atoms in total. The van der Waals surface area contributed by atoms with Crippen LogP contribution in [0.4, 0.5) is 0 Å². The number of aromatic nitrogens is 1. The molecule has 19 heavy (non-hydrogen) atoms. The summed E-state index contributed by atoms with van der Waals surface area (Å²) in [6.07, 6.45) is 5.52. The maximum Gasteiger partial charge on any atom is 0.0556 e. The second kappa shape index (κ2) is 4.53. The SMILES string of the molecule is CC=Cc1cc(C)cc2c3c(n(C)c12)CCN(C)C3. The predicted octanol–water partition coefficient (Wildman–Crippen LogP) is 3.51. The zero-order valence-electron chi connectivity index (χ0n) is 12.3. The fraction of sp³-hybridized carbons (Fsp3) is 0.412. The Morgan fingerprint density at radius 1 is 1.21 bits per heavy atom. The molecular weight excluding hydrogens is 232 g/mol. The largest absolute Gasteiger partial charge is 0.347 e. The van der Waals surface area contributed by atoms with Gasteiger partial charge in [-0.15, -0.1) is 0 Å². The Labute approximate surface area is 115 Å². The third kappa shape index (κ3) is 1.91. The van der Waals surface area contributed by atoms with Crippen molar-refractivity contribution in [3.63, 3.8) is 0 Å². The average molecular weight is 254 g/mol. The number of hydrogen-bond donors (Lipinski definition) is 0. The summed E-state index contributed by atoms with van der Waals surface area (Å²) in [7, 11) is 4.43. The van der Waals surface area contributed by atoms with Gasteiger partial charge >= 0.3 is 0 Å². The number of likely N-dealkylation sites (N-methyl/N-ethyl adjacent to an activating group) is 1. The second-order valence-electron chi connectivity index (χ2n) is 5.72. The molecule has 2 heteroatoms. The normalized spacial score (nSPS) is 16.4. The van der Waals surface area contributed by atoms with Crippen LogP contribution < -0.4 is 0 Å². The van der Waals surface area contributed by atoms with Gasteiger partial charge in [-0.25, -0.2) is 0 Å². The summed E-state index contributed by atoms with van der Waals surface area (Å²) in [6, 6.07) is 4.64. The van der Waals surface area contributed by atoms with Crippen LogP contribution in [-0.2, 0) is 20.0 Å². The number of nitrogens with zero attached hydrogens (tertiary/aromatic N) is 2. The van der Waals surface area contributed by atoms with Crippen LogP contribution in [0.15, 0.2) is 18.2 Å². The molecule has 0 saturated carbocycles. The lowest BCUT2D eigenvalue weighted by atomic mass is 10.0. The van der Waals surface area contributed by atoms with E-state index < -0.39 is 0 Å². The Morgan fingerprint density at radius 2 is 2.00 bits per heavy atom. The van der Waals surface area contributed by atoms with Gasteiger partial charge < -0.3 is 9.47 Å². The molecule has 0 N–H and O–H groups in total. The minimum absolute atomic E-state index is 1.07. The monoisotopic (exact) mass is 254 g/mol. The summed E-state index contributed by atoms with van der Waals surface area (Å²) in [5, 5.41) is 1.44. The number of fused-ring (bicyclic) bond motifs is 3. The first-order valence-corrected chi connectivity index (χ1v) is 7.04. The molecule has 1 aromatic heterocycles. The van der Waals surface area contributed by atoms with Crippen molar-refractivity contribution in [2.24, 2.45) is 7.05 Å². The van der Waals surface area contributed by atoms with Gasteiger partial charge in [-0.2, -0.15) is 0 Å². The van der Waals surface area contributed by atoms with Crippen molar-refractivity contribution in [3.8, 4) is 0 Å². The standard InChI is InChI=1S/C17H22N2/c1-5-6-13-9-12(2)10-14-15-11-18(3)8-7-16(15)19(4)17(13)14/h5-6,9-10H,7-8,11H2,1-4H3. The van der Waals surface area contributed by atoms with E-state index in [1.165, 1.54) is 33.3 Å². The van der Waals surface area contributed by atoms with Gasteiger partial charge in [0.2, 0.25) is 0 Å². The van der Waals surface area contributed by atoms with E-state index in [1.54, 1.807) is 0 Å². The molecule has 3 rings (SSSR count). The molecule has 1 aliphatic rings. The smallest absolute Gasteiger partial charge is 0.0556 e. The van der Waals surface area contributed by atoms with E-state index in [-0.39, 0.29) is 0 Å². The molecule has 2 heterocycles. The molecule has 0 unspecified atom stereocenters.